The van der Waals surface area contributed by atoms with E-state index in [-0.39, 0.29) is 0 Å². The average Bonchev–Trinajstić information content (AvgIpc) is 2.26. The Hall–Kier alpha value is -1.06. The van der Waals surface area contributed by atoms with Gasteiger partial charge in [0.1, 0.15) is 5.75 Å². The molecule has 1 rings (SSSR count). The number of hydrogen-bond donors (Lipinski definition) is 2. The molecule has 17 heavy (non-hydrogen) atoms. The second-order valence-corrected chi connectivity index (χ2v) is 4.77. The van der Waals surface area contributed by atoms with E-state index in [9.17, 15) is 5.11 Å². The Morgan fingerprint density at radius 3 is 2.41 bits per heavy atom. The Morgan fingerprint density at radius 2 is 1.88 bits per heavy atom. The summed E-state index contributed by atoms with van der Waals surface area (Å²) in [5.74, 6) is 0.917. The van der Waals surface area contributed by atoms with Gasteiger partial charge in [0.15, 0.2) is 0 Å². The SMILES string of the molecule is COCC(C)CNCc1cc(C)c(O)c(C)c1. The molecule has 3 nitrogen and oxygen atoms in total. The topological polar surface area (TPSA) is 41.5 Å². The van der Waals surface area contributed by atoms with Crippen molar-refractivity contribution in [3.63, 3.8) is 0 Å². The zero-order chi connectivity index (χ0) is 12.8. The molecular weight excluding hydrogens is 214 g/mol. The van der Waals surface area contributed by atoms with Gasteiger partial charge in [0, 0.05) is 26.8 Å². The van der Waals surface area contributed by atoms with Gasteiger partial charge >= 0.3 is 0 Å². The van der Waals surface area contributed by atoms with Crippen LogP contribution in [0, 0.1) is 19.8 Å². The first kappa shape index (κ1) is 14.0. The summed E-state index contributed by atoms with van der Waals surface area (Å²) < 4.78 is 5.09. The van der Waals surface area contributed by atoms with Crippen LogP contribution in [0.1, 0.15) is 23.6 Å². The highest BCUT2D eigenvalue weighted by molar-refractivity contribution is 5.42. The number of aryl methyl sites for hydroxylation is 2. The first-order valence-corrected chi connectivity index (χ1v) is 6.03. The minimum absolute atomic E-state index is 0.404. The number of methoxy groups -OCH3 is 1. The van der Waals surface area contributed by atoms with Crippen LogP contribution in [0.25, 0.3) is 0 Å². The van der Waals surface area contributed by atoms with E-state index in [4.69, 9.17) is 4.74 Å². The smallest absolute Gasteiger partial charge is 0.121 e. The first-order chi connectivity index (χ1) is 8.04. The summed E-state index contributed by atoms with van der Waals surface area (Å²) in [5, 5.41) is 13.1. The number of nitrogens with one attached hydrogen (secondary N) is 1. The molecule has 1 aromatic carbocycles. The summed E-state index contributed by atoms with van der Waals surface area (Å²) in [7, 11) is 1.73. The highest BCUT2D eigenvalue weighted by Gasteiger charge is 2.04. The molecule has 96 valence electrons. The molecule has 0 heterocycles. The number of rotatable bonds is 6. The molecule has 0 aromatic heterocycles. The van der Waals surface area contributed by atoms with E-state index >= 15 is 0 Å². The van der Waals surface area contributed by atoms with E-state index < -0.39 is 0 Å². The maximum atomic E-state index is 9.68. The molecule has 3 heteroatoms. The van der Waals surface area contributed by atoms with Crippen molar-refractivity contribution < 1.29 is 9.84 Å². The maximum absolute atomic E-state index is 9.68. The van der Waals surface area contributed by atoms with Crippen molar-refractivity contribution in [2.24, 2.45) is 5.92 Å². The van der Waals surface area contributed by atoms with Gasteiger partial charge in [-0.1, -0.05) is 19.1 Å². The quantitative estimate of drug-likeness (QED) is 0.798. The van der Waals surface area contributed by atoms with Gasteiger partial charge in [-0.15, -0.1) is 0 Å². The van der Waals surface area contributed by atoms with E-state index in [2.05, 4.69) is 12.2 Å². The fourth-order valence-electron chi connectivity index (χ4n) is 1.95. The molecule has 0 radical (unpaired) electrons. The van der Waals surface area contributed by atoms with E-state index in [0.717, 1.165) is 30.8 Å². The minimum atomic E-state index is 0.404. The lowest BCUT2D eigenvalue weighted by molar-refractivity contribution is 0.158. The molecule has 0 fully saturated rings. The van der Waals surface area contributed by atoms with Crippen LogP contribution in [0.2, 0.25) is 0 Å². The van der Waals surface area contributed by atoms with E-state index in [1.54, 1.807) is 7.11 Å². The van der Waals surface area contributed by atoms with Crippen LogP contribution < -0.4 is 5.32 Å². The second kappa shape index (κ2) is 6.62. The predicted octanol–water partition coefficient (Wildman–Crippen LogP) is 2.38. The van der Waals surface area contributed by atoms with Crippen LogP contribution in [-0.2, 0) is 11.3 Å². The third kappa shape index (κ3) is 4.36. The molecule has 0 amide bonds. The lowest BCUT2D eigenvalue weighted by atomic mass is 10.1. The zero-order valence-electron chi connectivity index (χ0n) is 11.2. The van der Waals surface area contributed by atoms with Gasteiger partial charge in [0.05, 0.1) is 0 Å². The number of benzene rings is 1. The third-order valence-corrected chi connectivity index (χ3v) is 2.82. The number of phenols is 1. The normalized spacial score (nSPS) is 12.7. The summed E-state index contributed by atoms with van der Waals surface area (Å²) in [6, 6.07) is 4.05. The van der Waals surface area contributed by atoms with Crippen molar-refractivity contribution in [3.05, 3.63) is 28.8 Å². The third-order valence-electron chi connectivity index (χ3n) is 2.82. The van der Waals surface area contributed by atoms with Gasteiger partial charge in [-0.05, 0) is 36.5 Å². The molecule has 0 aliphatic rings. The standard InChI is InChI=1S/C14H23NO2/c1-10(9-17-4)7-15-8-13-5-11(2)14(16)12(3)6-13/h5-6,10,15-16H,7-9H2,1-4H3. The average molecular weight is 237 g/mol. The van der Waals surface area contributed by atoms with Crippen molar-refractivity contribution in [2.75, 3.05) is 20.3 Å². The van der Waals surface area contributed by atoms with E-state index in [1.807, 2.05) is 26.0 Å². The molecular formula is C14H23NO2. The van der Waals surface area contributed by atoms with Gasteiger partial charge in [0.25, 0.3) is 0 Å². The Morgan fingerprint density at radius 1 is 1.29 bits per heavy atom. The molecule has 1 atom stereocenters. The van der Waals surface area contributed by atoms with Crippen molar-refractivity contribution >= 4 is 0 Å². The van der Waals surface area contributed by atoms with Crippen LogP contribution in [0.3, 0.4) is 0 Å². The number of hydrogen-bond acceptors (Lipinski definition) is 3. The Kier molecular flexibility index (Phi) is 5.45. The van der Waals surface area contributed by atoms with Gasteiger partial charge in [-0.25, -0.2) is 0 Å². The molecule has 2 N–H and O–H groups in total. The number of phenolic OH excluding ortho intramolecular Hbond substituents is 1. The fraction of sp³-hybridized carbons (Fsp3) is 0.571. The second-order valence-electron chi connectivity index (χ2n) is 4.77. The van der Waals surface area contributed by atoms with Crippen LogP contribution in [0.15, 0.2) is 12.1 Å². The highest BCUT2D eigenvalue weighted by Crippen LogP contribution is 2.22. The van der Waals surface area contributed by atoms with Crippen molar-refractivity contribution in [1.29, 1.82) is 0 Å². The molecule has 1 unspecified atom stereocenters. The largest absolute Gasteiger partial charge is 0.507 e. The summed E-state index contributed by atoms with van der Waals surface area (Å²) in [6.45, 7) is 8.56. The molecule has 0 spiro atoms. The lowest BCUT2D eigenvalue weighted by Crippen LogP contribution is -2.23. The van der Waals surface area contributed by atoms with Gasteiger partial charge < -0.3 is 15.2 Å². The van der Waals surface area contributed by atoms with Crippen LogP contribution in [0.4, 0.5) is 0 Å². The Balaban J connectivity index is 2.47. The van der Waals surface area contributed by atoms with Crippen molar-refractivity contribution in [2.45, 2.75) is 27.3 Å². The summed E-state index contributed by atoms with van der Waals surface area (Å²) in [5.41, 5.74) is 3.08. The first-order valence-electron chi connectivity index (χ1n) is 6.03. The highest BCUT2D eigenvalue weighted by atomic mass is 16.5. The number of ether oxygens (including phenoxy) is 1. The molecule has 0 aliphatic carbocycles. The van der Waals surface area contributed by atoms with Gasteiger partial charge in [-0.3, -0.25) is 0 Å². The van der Waals surface area contributed by atoms with E-state index in [0.29, 0.717) is 11.7 Å². The van der Waals surface area contributed by atoms with E-state index in [1.165, 1.54) is 5.56 Å². The lowest BCUT2D eigenvalue weighted by Gasteiger charge is -2.12. The Labute approximate surface area is 104 Å². The molecule has 1 aromatic rings. The van der Waals surface area contributed by atoms with Gasteiger partial charge in [-0.2, -0.15) is 0 Å². The monoisotopic (exact) mass is 237 g/mol. The summed E-state index contributed by atoms with van der Waals surface area (Å²) in [6.07, 6.45) is 0. The summed E-state index contributed by atoms with van der Waals surface area (Å²) in [4.78, 5) is 0. The maximum Gasteiger partial charge on any atom is 0.121 e. The van der Waals surface area contributed by atoms with Crippen molar-refractivity contribution in [1.82, 2.24) is 5.32 Å². The zero-order valence-corrected chi connectivity index (χ0v) is 11.2. The van der Waals surface area contributed by atoms with Crippen molar-refractivity contribution in [3.8, 4) is 5.75 Å². The minimum Gasteiger partial charge on any atom is -0.507 e. The Bertz CT molecular complexity index is 340. The number of aromatic hydroxyl groups is 1. The van der Waals surface area contributed by atoms with Crippen LogP contribution in [-0.4, -0.2) is 25.4 Å². The molecule has 0 saturated carbocycles. The predicted molar refractivity (Wildman–Crippen MR) is 70.3 cm³/mol. The van der Waals surface area contributed by atoms with Crippen LogP contribution >= 0.6 is 0 Å². The fourth-order valence-corrected chi connectivity index (χ4v) is 1.95. The van der Waals surface area contributed by atoms with Crippen LogP contribution in [0.5, 0.6) is 5.75 Å². The molecule has 0 aliphatic heterocycles. The van der Waals surface area contributed by atoms with Gasteiger partial charge in [0.2, 0.25) is 0 Å². The summed E-state index contributed by atoms with van der Waals surface area (Å²) >= 11 is 0. The molecule has 0 bridgehead atoms. The molecule has 0 saturated heterocycles.